The van der Waals surface area contributed by atoms with Crippen LogP contribution in [0.2, 0.25) is 0 Å². The Morgan fingerprint density at radius 1 is 1.21 bits per heavy atom. The molecule has 1 saturated heterocycles. The maximum Gasteiger partial charge on any atom is 0.342 e. The van der Waals surface area contributed by atoms with Gasteiger partial charge in [-0.15, -0.1) is 29.9 Å². The molecule has 0 saturated carbocycles. The summed E-state index contributed by atoms with van der Waals surface area (Å²) in [4.78, 5) is 15.4. The molecule has 0 aliphatic carbocycles. The Labute approximate surface area is 93.3 Å². The Balaban J connectivity index is 0.000000845. The fourth-order valence-electron chi connectivity index (χ4n) is 1.29. The zero-order valence-electron chi connectivity index (χ0n) is 7.45. The number of hydrogen-bond acceptors (Lipinski definition) is 4. The summed E-state index contributed by atoms with van der Waals surface area (Å²) in [5.41, 5.74) is -0.247. The number of aromatic nitrogens is 3. The van der Waals surface area contributed by atoms with Gasteiger partial charge in [-0.1, -0.05) is 0 Å². The van der Waals surface area contributed by atoms with Gasteiger partial charge in [-0.3, -0.25) is 4.98 Å². The van der Waals surface area contributed by atoms with Crippen molar-refractivity contribution < 1.29 is 0 Å². The van der Waals surface area contributed by atoms with E-state index in [1.54, 1.807) is 0 Å². The van der Waals surface area contributed by atoms with Crippen LogP contribution in [0.25, 0.3) is 0 Å². The normalized spacial score (nSPS) is 15.6. The Morgan fingerprint density at radius 2 is 1.86 bits per heavy atom. The molecule has 6 nitrogen and oxygen atoms in total. The molecule has 0 aromatic carbocycles. The number of nitrogens with one attached hydrogen (secondary N) is 3. The first-order valence-electron chi connectivity index (χ1n) is 3.96. The molecule has 1 aliphatic rings. The van der Waals surface area contributed by atoms with Crippen molar-refractivity contribution in [2.75, 3.05) is 31.1 Å². The summed E-state index contributed by atoms with van der Waals surface area (Å²) in [5, 5.41) is 9.41. The molecule has 2 rings (SSSR count). The van der Waals surface area contributed by atoms with Gasteiger partial charge in [0.05, 0.1) is 0 Å². The number of nitrogens with zero attached hydrogens (tertiary/aromatic N) is 2. The number of hydrogen-bond donors (Lipinski definition) is 3. The number of halogens is 2. The number of anilines is 1. The van der Waals surface area contributed by atoms with E-state index >= 15 is 0 Å². The highest BCUT2D eigenvalue weighted by atomic mass is 35.5. The summed E-state index contributed by atoms with van der Waals surface area (Å²) < 4.78 is 0. The summed E-state index contributed by atoms with van der Waals surface area (Å²) in [5.74, 6) is 0.640. The molecule has 0 bridgehead atoms. The highest BCUT2D eigenvalue weighted by Crippen LogP contribution is 2.02. The minimum absolute atomic E-state index is 0. The predicted molar refractivity (Wildman–Crippen MR) is 58.8 cm³/mol. The van der Waals surface area contributed by atoms with Crippen LogP contribution in [-0.2, 0) is 0 Å². The van der Waals surface area contributed by atoms with E-state index in [1.165, 1.54) is 0 Å². The van der Waals surface area contributed by atoms with Crippen LogP contribution in [0, 0.1) is 0 Å². The minimum atomic E-state index is -0.247. The monoisotopic (exact) mass is 241 g/mol. The van der Waals surface area contributed by atoms with E-state index in [2.05, 4.69) is 20.5 Å². The third-order valence-electron chi connectivity index (χ3n) is 1.91. The average Bonchev–Trinajstić information content (AvgIpc) is 2.54. The number of rotatable bonds is 1. The van der Waals surface area contributed by atoms with Crippen molar-refractivity contribution in [3.05, 3.63) is 10.5 Å². The van der Waals surface area contributed by atoms with Gasteiger partial charge in [-0.2, -0.15) is 0 Å². The first-order chi connectivity index (χ1) is 5.86. The molecule has 1 aromatic heterocycles. The molecule has 1 aliphatic heterocycles. The fraction of sp³-hybridized carbons (Fsp3) is 0.667. The molecule has 2 heterocycles. The topological polar surface area (TPSA) is 76.8 Å². The van der Waals surface area contributed by atoms with Gasteiger partial charge in [0.2, 0.25) is 5.95 Å². The fourth-order valence-corrected chi connectivity index (χ4v) is 1.29. The average molecular weight is 242 g/mol. The first kappa shape index (κ1) is 13.3. The molecule has 3 N–H and O–H groups in total. The summed E-state index contributed by atoms with van der Waals surface area (Å²) in [6.45, 7) is 3.66. The van der Waals surface area contributed by atoms with Crippen LogP contribution >= 0.6 is 24.8 Å². The molecule has 1 aromatic rings. The second-order valence-electron chi connectivity index (χ2n) is 2.74. The van der Waals surface area contributed by atoms with E-state index in [0.29, 0.717) is 5.95 Å². The van der Waals surface area contributed by atoms with Gasteiger partial charge in [0.15, 0.2) is 0 Å². The molecule has 8 heteroatoms. The van der Waals surface area contributed by atoms with E-state index in [1.807, 2.05) is 4.90 Å². The largest absolute Gasteiger partial charge is 0.342 e. The number of aromatic amines is 2. The lowest BCUT2D eigenvalue weighted by Gasteiger charge is -2.26. The van der Waals surface area contributed by atoms with Crippen LogP contribution in [0.1, 0.15) is 0 Å². The molecule has 0 unspecified atom stereocenters. The Hall–Kier alpha value is -0.720. The molecule has 14 heavy (non-hydrogen) atoms. The SMILES string of the molecule is Cl.Cl.O=c1[nH]nc(N2CCNCC2)[nH]1. The molecule has 1 fully saturated rings. The van der Waals surface area contributed by atoms with Gasteiger partial charge in [-0.25, -0.2) is 9.89 Å². The molecular weight excluding hydrogens is 229 g/mol. The second kappa shape index (κ2) is 5.90. The quantitative estimate of drug-likeness (QED) is 0.611. The van der Waals surface area contributed by atoms with Crippen LogP contribution in [0.4, 0.5) is 5.95 Å². The maximum atomic E-state index is 10.7. The molecule has 0 radical (unpaired) electrons. The van der Waals surface area contributed by atoms with Gasteiger partial charge in [0.1, 0.15) is 0 Å². The van der Waals surface area contributed by atoms with Crippen molar-refractivity contribution in [2.45, 2.75) is 0 Å². The van der Waals surface area contributed by atoms with E-state index in [4.69, 9.17) is 0 Å². The van der Waals surface area contributed by atoms with Crippen molar-refractivity contribution in [2.24, 2.45) is 0 Å². The molecular formula is C6H13Cl2N5O. The minimum Gasteiger partial charge on any atom is -0.339 e. The van der Waals surface area contributed by atoms with E-state index < -0.39 is 0 Å². The van der Waals surface area contributed by atoms with E-state index in [-0.39, 0.29) is 30.5 Å². The maximum absolute atomic E-state index is 10.7. The lowest BCUT2D eigenvalue weighted by molar-refractivity contribution is 0.580. The van der Waals surface area contributed by atoms with E-state index in [0.717, 1.165) is 26.2 Å². The van der Waals surface area contributed by atoms with E-state index in [9.17, 15) is 4.79 Å². The lowest BCUT2D eigenvalue weighted by Crippen LogP contribution is -2.44. The Kier molecular flexibility index (Phi) is 5.59. The van der Waals surface area contributed by atoms with Gasteiger partial charge in [0.25, 0.3) is 0 Å². The van der Waals surface area contributed by atoms with Gasteiger partial charge < -0.3 is 10.2 Å². The zero-order chi connectivity index (χ0) is 8.39. The van der Waals surface area contributed by atoms with Crippen molar-refractivity contribution in [1.29, 1.82) is 0 Å². The smallest absolute Gasteiger partial charge is 0.339 e. The number of H-pyrrole nitrogens is 2. The predicted octanol–water partition coefficient (Wildman–Crippen LogP) is -0.649. The highest BCUT2D eigenvalue weighted by molar-refractivity contribution is 5.85. The third-order valence-corrected chi connectivity index (χ3v) is 1.91. The van der Waals surface area contributed by atoms with Crippen LogP contribution < -0.4 is 15.9 Å². The lowest BCUT2D eigenvalue weighted by atomic mass is 10.4. The number of piperazine rings is 1. The van der Waals surface area contributed by atoms with Crippen molar-refractivity contribution in [1.82, 2.24) is 20.5 Å². The van der Waals surface area contributed by atoms with Crippen LogP contribution in [0.3, 0.4) is 0 Å². The van der Waals surface area contributed by atoms with Crippen molar-refractivity contribution in [3.63, 3.8) is 0 Å². The van der Waals surface area contributed by atoms with Crippen molar-refractivity contribution >= 4 is 30.8 Å². The summed E-state index contributed by atoms with van der Waals surface area (Å²) in [6, 6.07) is 0. The second-order valence-corrected chi connectivity index (χ2v) is 2.74. The van der Waals surface area contributed by atoms with Crippen molar-refractivity contribution in [3.8, 4) is 0 Å². The van der Waals surface area contributed by atoms with Gasteiger partial charge >= 0.3 is 5.69 Å². The summed E-state index contributed by atoms with van der Waals surface area (Å²) in [7, 11) is 0. The zero-order valence-corrected chi connectivity index (χ0v) is 9.08. The first-order valence-corrected chi connectivity index (χ1v) is 3.96. The molecule has 0 spiro atoms. The van der Waals surface area contributed by atoms with Crippen LogP contribution in [-0.4, -0.2) is 41.4 Å². The standard InChI is InChI=1S/C6H11N5O.2ClH/c12-6-8-5(9-10-6)11-3-1-7-2-4-11;;/h7H,1-4H2,(H2,8,9,10,12);2*1H. The van der Waals surface area contributed by atoms with Gasteiger partial charge in [-0.05, 0) is 0 Å². The summed E-state index contributed by atoms with van der Waals surface area (Å²) >= 11 is 0. The van der Waals surface area contributed by atoms with Crippen LogP contribution in [0.5, 0.6) is 0 Å². The summed E-state index contributed by atoms with van der Waals surface area (Å²) in [6.07, 6.45) is 0. The molecule has 82 valence electrons. The highest BCUT2D eigenvalue weighted by Gasteiger charge is 2.12. The van der Waals surface area contributed by atoms with Gasteiger partial charge in [0, 0.05) is 26.2 Å². The molecule has 0 atom stereocenters. The third kappa shape index (κ3) is 2.90. The van der Waals surface area contributed by atoms with Crippen LogP contribution in [0.15, 0.2) is 4.79 Å². The molecule has 0 amide bonds. The Bertz CT molecular complexity index is 305. The Morgan fingerprint density at radius 3 is 2.36 bits per heavy atom.